The summed E-state index contributed by atoms with van der Waals surface area (Å²) in [4.78, 5) is 1.24. The molecule has 1 heterocycles. The Hall–Kier alpha value is -1.19. The molecular weight excluding hydrogens is 245 g/mol. The molecule has 96 valence electrons. The first-order chi connectivity index (χ1) is 8.72. The number of halogens is 1. The summed E-state index contributed by atoms with van der Waals surface area (Å²) in [5.41, 5.74) is 3.44. The molecule has 1 aromatic heterocycles. The van der Waals surface area contributed by atoms with Crippen LogP contribution in [0.15, 0.2) is 29.6 Å². The zero-order valence-corrected chi connectivity index (χ0v) is 11.6. The van der Waals surface area contributed by atoms with Gasteiger partial charge in [0.2, 0.25) is 0 Å². The summed E-state index contributed by atoms with van der Waals surface area (Å²) in [5.74, 6) is -0.166. The molecule has 0 atom stereocenters. The number of benzene rings is 1. The normalized spacial score (nSPS) is 10.8. The molecule has 1 N–H and O–H groups in total. The van der Waals surface area contributed by atoms with E-state index in [9.17, 15) is 4.39 Å². The largest absolute Gasteiger partial charge is 0.313 e. The molecule has 18 heavy (non-hydrogen) atoms. The molecule has 0 aliphatic carbocycles. The van der Waals surface area contributed by atoms with Crippen LogP contribution in [-0.2, 0) is 6.54 Å². The van der Waals surface area contributed by atoms with Crippen molar-refractivity contribution in [1.82, 2.24) is 5.32 Å². The summed E-state index contributed by atoms with van der Waals surface area (Å²) < 4.78 is 13.4. The fraction of sp³-hybridized carbons (Fsp3) is 0.333. The first-order valence-corrected chi connectivity index (χ1v) is 7.14. The lowest BCUT2D eigenvalue weighted by Gasteiger charge is -2.10. The van der Waals surface area contributed by atoms with E-state index < -0.39 is 0 Å². The molecule has 0 unspecified atom stereocenters. The van der Waals surface area contributed by atoms with E-state index in [0.717, 1.165) is 30.6 Å². The van der Waals surface area contributed by atoms with Crippen molar-refractivity contribution >= 4 is 11.3 Å². The smallest absolute Gasteiger partial charge is 0.123 e. The fourth-order valence-electron chi connectivity index (χ4n) is 1.98. The van der Waals surface area contributed by atoms with Crippen molar-refractivity contribution in [3.05, 3.63) is 46.6 Å². The van der Waals surface area contributed by atoms with E-state index >= 15 is 0 Å². The SMILES string of the molecule is CCCNCc1cc(F)ccc1-c1sccc1C. The third kappa shape index (κ3) is 2.98. The van der Waals surface area contributed by atoms with Crippen molar-refractivity contribution < 1.29 is 4.39 Å². The van der Waals surface area contributed by atoms with Crippen molar-refractivity contribution in [1.29, 1.82) is 0 Å². The average molecular weight is 263 g/mol. The van der Waals surface area contributed by atoms with Crippen LogP contribution in [0.3, 0.4) is 0 Å². The first kappa shape index (κ1) is 13.2. The zero-order chi connectivity index (χ0) is 13.0. The van der Waals surface area contributed by atoms with Gasteiger partial charge in [0.05, 0.1) is 0 Å². The Morgan fingerprint density at radius 3 is 2.78 bits per heavy atom. The van der Waals surface area contributed by atoms with Gasteiger partial charge >= 0.3 is 0 Å². The predicted octanol–water partition coefficient (Wildman–Crippen LogP) is 4.36. The molecule has 0 amide bonds. The van der Waals surface area contributed by atoms with Crippen LogP contribution in [0.4, 0.5) is 4.39 Å². The number of aryl methyl sites for hydroxylation is 1. The van der Waals surface area contributed by atoms with Gasteiger partial charge in [0.1, 0.15) is 5.82 Å². The highest BCUT2D eigenvalue weighted by Crippen LogP contribution is 2.32. The summed E-state index contributed by atoms with van der Waals surface area (Å²) in [6.07, 6.45) is 1.09. The third-order valence-corrected chi connectivity index (χ3v) is 3.97. The summed E-state index contributed by atoms with van der Waals surface area (Å²) in [6.45, 7) is 5.90. The van der Waals surface area contributed by atoms with Crippen molar-refractivity contribution in [2.75, 3.05) is 6.54 Å². The van der Waals surface area contributed by atoms with Crippen LogP contribution >= 0.6 is 11.3 Å². The Kier molecular flexibility index (Phi) is 4.50. The molecular formula is C15H18FNS. The first-order valence-electron chi connectivity index (χ1n) is 6.26. The highest BCUT2D eigenvalue weighted by molar-refractivity contribution is 7.13. The molecule has 3 heteroatoms. The summed E-state index contributed by atoms with van der Waals surface area (Å²) in [5, 5.41) is 5.42. The van der Waals surface area contributed by atoms with Crippen molar-refractivity contribution in [3.8, 4) is 10.4 Å². The highest BCUT2D eigenvalue weighted by Gasteiger charge is 2.09. The van der Waals surface area contributed by atoms with Crippen LogP contribution in [0.25, 0.3) is 10.4 Å². The Labute approximate surface area is 112 Å². The van der Waals surface area contributed by atoms with E-state index in [1.165, 1.54) is 16.5 Å². The quantitative estimate of drug-likeness (QED) is 0.790. The molecule has 2 rings (SSSR count). The van der Waals surface area contributed by atoms with Crippen LogP contribution in [0.2, 0.25) is 0 Å². The number of nitrogens with one attached hydrogen (secondary N) is 1. The number of rotatable bonds is 5. The zero-order valence-electron chi connectivity index (χ0n) is 10.8. The second-order valence-corrected chi connectivity index (χ2v) is 5.33. The van der Waals surface area contributed by atoms with Gasteiger partial charge in [-0.1, -0.05) is 13.0 Å². The van der Waals surface area contributed by atoms with Crippen LogP contribution in [0.5, 0.6) is 0 Å². The number of thiophene rings is 1. The summed E-state index contributed by atoms with van der Waals surface area (Å²) in [6, 6.07) is 7.17. The van der Waals surface area contributed by atoms with E-state index in [-0.39, 0.29) is 5.82 Å². The van der Waals surface area contributed by atoms with Crippen molar-refractivity contribution in [2.45, 2.75) is 26.8 Å². The Morgan fingerprint density at radius 1 is 1.28 bits per heavy atom. The van der Waals surface area contributed by atoms with Crippen LogP contribution in [0, 0.1) is 12.7 Å². The van der Waals surface area contributed by atoms with Gasteiger partial charge in [-0.25, -0.2) is 4.39 Å². The van der Waals surface area contributed by atoms with E-state index in [4.69, 9.17) is 0 Å². The predicted molar refractivity (Wildman–Crippen MR) is 76.4 cm³/mol. The van der Waals surface area contributed by atoms with Gasteiger partial charge in [-0.3, -0.25) is 0 Å². The molecule has 0 bridgehead atoms. The van der Waals surface area contributed by atoms with E-state index in [1.807, 2.05) is 6.07 Å². The van der Waals surface area contributed by atoms with Crippen LogP contribution in [-0.4, -0.2) is 6.54 Å². The minimum atomic E-state index is -0.166. The van der Waals surface area contributed by atoms with Gasteiger partial charge in [-0.15, -0.1) is 11.3 Å². The number of hydrogen-bond acceptors (Lipinski definition) is 2. The minimum absolute atomic E-state index is 0.166. The van der Waals surface area contributed by atoms with Gasteiger partial charge in [0, 0.05) is 11.4 Å². The minimum Gasteiger partial charge on any atom is -0.313 e. The Balaban J connectivity index is 2.32. The van der Waals surface area contributed by atoms with Crippen LogP contribution in [0.1, 0.15) is 24.5 Å². The van der Waals surface area contributed by atoms with Gasteiger partial charge in [0.25, 0.3) is 0 Å². The molecule has 0 saturated carbocycles. The van der Waals surface area contributed by atoms with Gasteiger partial charge in [-0.05, 0) is 60.2 Å². The molecule has 0 aliphatic rings. The molecule has 2 aromatic rings. The van der Waals surface area contributed by atoms with E-state index in [0.29, 0.717) is 0 Å². The Bertz CT molecular complexity index is 519. The molecule has 0 spiro atoms. The average Bonchev–Trinajstić information content (AvgIpc) is 2.76. The molecule has 0 saturated heterocycles. The molecule has 1 aromatic carbocycles. The standard InChI is InChI=1S/C15H18FNS/c1-3-7-17-10-12-9-13(16)4-5-14(12)15-11(2)6-8-18-15/h4-6,8-9,17H,3,7,10H2,1-2H3. The molecule has 1 nitrogen and oxygen atoms in total. The maximum atomic E-state index is 13.4. The van der Waals surface area contributed by atoms with E-state index in [2.05, 4.69) is 30.6 Å². The van der Waals surface area contributed by atoms with Crippen LogP contribution < -0.4 is 5.32 Å². The van der Waals surface area contributed by atoms with E-state index in [1.54, 1.807) is 17.4 Å². The fourth-order valence-corrected chi connectivity index (χ4v) is 2.97. The van der Waals surface area contributed by atoms with Crippen molar-refractivity contribution in [2.24, 2.45) is 0 Å². The van der Waals surface area contributed by atoms with Gasteiger partial charge in [0.15, 0.2) is 0 Å². The molecule has 0 fully saturated rings. The second kappa shape index (κ2) is 6.12. The van der Waals surface area contributed by atoms with Crippen molar-refractivity contribution in [3.63, 3.8) is 0 Å². The summed E-state index contributed by atoms with van der Waals surface area (Å²) >= 11 is 1.71. The monoisotopic (exact) mass is 263 g/mol. The van der Waals surface area contributed by atoms with Gasteiger partial charge in [-0.2, -0.15) is 0 Å². The lowest BCUT2D eigenvalue weighted by atomic mass is 10.0. The lowest BCUT2D eigenvalue weighted by Crippen LogP contribution is -2.14. The summed E-state index contributed by atoms with van der Waals surface area (Å²) in [7, 11) is 0. The maximum absolute atomic E-state index is 13.4. The maximum Gasteiger partial charge on any atom is 0.123 e. The second-order valence-electron chi connectivity index (χ2n) is 4.41. The topological polar surface area (TPSA) is 12.0 Å². The lowest BCUT2D eigenvalue weighted by molar-refractivity contribution is 0.619. The third-order valence-electron chi connectivity index (χ3n) is 2.92. The Morgan fingerprint density at radius 2 is 2.11 bits per heavy atom. The van der Waals surface area contributed by atoms with Gasteiger partial charge < -0.3 is 5.32 Å². The highest BCUT2D eigenvalue weighted by atomic mass is 32.1. The molecule has 0 radical (unpaired) electrons. The number of hydrogen-bond donors (Lipinski definition) is 1. The molecule has 0 aliphatic heterocycles.